The van der Waals surface area contributed by atoms with Gasteiger partial charge in [-0.3, -0.25) is 10.9 Å². The summed E-state index contributed by atoms with van der Waals surface area (Å²) in [6, 6.07) is 1.34. The van der Waals surface area contributed by atoms with Crippen LogP contribution in [-0.2, 0) is 0 Å². The smallest absolute Gasteiger partial charge is 0.0438 e. The van der Waals surface area contributed by atoms with Gasteiger partial charge in [0.05, 0.1) is 0 Å². The third-order valence-electron chi connectivity index (χ3n) is 4.06. The van der Waals surface area contributed by atoms with Crippen molar-refractivity contribution in [3.05, 3.63) is 11.6 Å². The molecule has 2 atom stereocenters. The highest BCUT2D eigenvalue weighted by molar-refractivity contribution is 5.27. The summed E-state index contributed by atoms with van der Waals surface area (Å²) in [4.78, 5) is 0. The van der Waals surface area contributed by atoms with Crippen molar-refractivity contribution in [2.24, 2.45) is 5.92 Å². The van der Waals surface area contributed by atoms with E-state index < -0.39 is 0 Å². The Kier molecular flexibility index (Phi) is 2.34. The highest BCUT2D eigenvalue weighted by atomic mass is 15.4. The van der Waals surface area contributed by atoms with Crippen molar-refractivity contribution in [2.75, 3.05) is 0 Å². The van der Waals surface area contributed by atoms with Gasteiger partial charge in [0.25, 0.3) is 0 Å². The van der Waals surface area contributed by atoms with E-state index in [0.717, 1.165) is 5.92 Å². The molecule has 3 rings (SSSR count). The summed E-state index contributed by atoms with van der Waals surface area (Å²) < 4.78 is 0. The van der Waals surface area contributed by atoms with Crippen LogP contribution in [-0.4, -0.2) is 12.1 Å². The van der Waals surface area contributed by atoms with Crippen LogP contribution in [0.15, 0.2) is 11.6 Å². The molecule has 0 aromatic heterocycles. The van der Waals surface area contributed by atoms with Gasteiger partial charge in [-0.15, -0.1) is 0 Å². The normalized spacial score (nSPS) is 37.9. The molecule has 78 valence electrons. The molecule has 2 unspecified atom stereocenters. The van der Waals surface area contributed by atoms with Crippen LogP contribution < -0.4 is 10.9 Å². The molecule has 0 amide bonds. The standard InChI is InChI=1S/C12H20N2/c1-2-4-9(5-3-1)8-10-11-6-7-12(10)14-13-11/h8-9,11-14H,1-7H2. The molecule has 0 aromatic rings. The first-order valence-corrected chi connectivity index (χ1v) is 6.16. The third kappa shape index (κ3) is 1.51. The Bertz CT molecular complexity index is 219. The average Bonchev–Trinajstić information content (AvgIpc) is 2.80. The van der Waals surface area contributed by atoms with Crippen LogP contribution in [0.2, 0.25) is 0 Å². The molecule has 0 spiro atoms. The minimum atomic E-state index is 0.668. The molecular formula is C12H20N2. The van der Waals surface area contributed by atoms with Gasteiger partial charge >= 0.3 is 0 Å². The lowest BCUT2D eigenvalue weighted by atomic mass is 9.87. The zero-order valence-electron chi connectivity index (χ0n) is 8.76. The first-order chi connectivity index (χ1) is 6.93. The molecule has 1 heterocycles. The number of allylic oxidation sites excluding steroid dienone is 1. The van der Waals surface area contributed by atoms with Crippen LogP contribution >= 0.6 is 0 Å². The summed E-state index contributed by atoms with van der Waals surface area (Å²) in [6.07, 6.45) is 12.5. The van der Waals surface area contributed by atoms with Crippen LogP contribution in [0.1, 0.15) is 44.9 Å². The molecule has 14 heavy (non-hydrogen) atoms. The fourth-order valence-corrected chi connectivity index (χ4v) is 3.23. The fraction of sp³-hybridized carbons (Fsp3) is 0.833. The van der Waals surface area contributed by atoms with Crippen molar-refractivity contribution in [1.82, 2.24) is 10.9 Å². The molecule has 2 bridgehead atoms. The summed E-state index contributed by atoms with van der Waals surface area (Å²) in [6.45, 7) is 0. The van der Waals surface area contributed by atoms with Crippen molar-refractivity contribution < 1.29 is 0 Å². The SMILES string of the molecule is C(=C1C2CCC1NN2)C1CCCCC1. The first kappa shape index (κ1) is 8.93. The van der Waals surface area contributed by atoms with Crippen molar-refractivity contribution >= 4 is 0 Å². The van der Waals surface area contributed by atoms with E-state index in [1.807, 2.05) is 0 Å². The Morgan fingerprint density at radius 1 is 0.857 bits per heavy atom. The molecule has 3 aliphatic rings. The molecule has 0 aromatic carbocycles. The molecule has 2 aliphatic carbocycles. The molecule has 1 saturated heterocycles. The summed E-state index contributed by atoms with van der Waals surface area (Å²) >= 11 is 0. The van der Waals surface area contributed by atoms with Crippen LogP contribution in [0.25, 0.3) is 0 Å². The van der Waals surface area contributed by atoms with E-state index in [2.05, 4.69) is 16.9 Å². The maximum Gasteiger partial charge on any atom is 0.0438 e. The second-order valence-electron chi connectivity index (χ2n) is 5.04. The Labute approximate surface area is 86.1 Å². The predicted octanol–water partition coefficient (Wildman–Crippen LogP) is 2.13. The Morgan fingerprint density at radius 2 is 1.50 bits per heavy atom. The van der Waals surface area contributed by atoms with E-state index in [0.29, 0.717) is 12.1 Å². The summed E-state index contributed by atoms with van der Waals surface area (Å²) in [5.41, 5.74) is 8.43. The lowest BCUT2D eigenvalue weighted by Gasteiger charge is -2.19. The van der Waals surface area contributed by atoms with Crippen LogP contribution in [0, 0.1) is 5.92 Å². The van der Waals surface area contributed by atoms with Crippen LogP contribution in [0.5, 0.6) is 0 Å². The van der Waals surface area contributed by atoms with Gasteiger partial charge in [0.1, 0.15) is 0 Å². The second kappa shape index (κ2) is 3.67. The summed E-state index contributed by atoms with van der Waals surface area (Å²) in [5, 5.41) is 0. The number of hydrogen-bond donors (Lipinski definition) is 2. The van der Waals surface area contributed by atoms with Crippen molar-refractivity contribution in [1.29, 1.82) is 0 Å². The predicted molar refractivity (Wildman–Crippen MR) is 57.7 cm³/mol. The second-order valence-corrected chi connectivity index (χ2v) is 5.04. The molecule has 2 heteroatoms. The lowest BCUT2D eigenvalue weighted by molar-refractivity contribution is 0.417. The number of hydrazine groups is 1. The summed E-state index contributed by atoms with van der Waals surface area (Å²) in [7, 11) is 0. The Hall–Kier alpha value is -0.340. The third-order valence-corrected chi connectivity index (χ3v) is 4.06. The molecular weight excluding hydrogens is 172 g/mol. The van der Waals surface area contributed by atoms with Crippen LogP contribution in [0.4, 0.5) is 0 Å². The minimum Gasteiger partial charge on any atom is -0.250 e. The molecule has 3 fully saturated rings. The quantitative estimate of drug-likeness (QED) is 0.622. The number of hydrogen-bond acceptors (Lipinski definition) is 2. The van der Waals surface area contributed by atoms with E-state index >= 15 is 0 Å². The van der Waals surface area contributed by atoms with Crippen molar-refractivity contribution in [3.8, 4) is 0 Å². The largest absolute Gasteiger partial charge is 0.250 e. The monoisotopic (exact) mass is 192 g/mol. The zero-order chi connectivity index (χ0) is 9.38. The topological polar surface area (TPSA) is 24.1 Å². The van der Waals surface area contributed by atoms with Gasteiger partial charge in [-0.25, -0.2) is 0 Å². The molecule has 2 nitrogen and oxygen atoms in total. The zero-order valence-corrected chi connectivity index (χ0v) is 8.76. The van der Waals surface area contributed by atoms with Gasteiger partial charge in [0.15, 0.2) is 0 Å². The van der Waals surface area contributed by atoms with Crippen molar-refractivity contribution in [2.45, 2.75) is 57.0 Å². The van der Waals surface area contributed by atoms with Crippen LogP contribution in [0.3, 0.4) is 0 Å². The highest BCUT2D eigenvalue weighted by Crippen LogP contribution is 2.33. The number of rotatable bonds is 1. The lowest BCUT2D eigenvalue weighted by Crippen LogP contribution is -2.37. The van der Waals surface area contributed by atoms with Gasteiger partial charge in [-0.1, -0.05) is 25.3 Å². The van der Waals surface area contributed by atoms with Gasteiger partial charge in [0, 0.05) is 12.1 Å². The molecule has 2 saturated carbocycles. The Balaban J connectivity index is 1.71. The maximum absolute atomic E-state index is 3.38. The number of nitrogens with one attached hydrogen (secondary N) is 2. The Morgan fingerprint density at radius 3 is 2.07 bits per heavy atom. The summed E-state index contributed by atoms with van der Waals surface area (Å²) in [5.74, 6) is 0.892. The van der Waals surface area contributed by atoms with E-state index in [9.17, 15) is 0 Å². The van der Waals surface area contributed by atoms with Gasteiger partial charge in [-0.05, 0) is 37.2 Å². The number of fused-ring (bicyclic) bond motifs is 2. The molecule has 0 radical (unpaired) electrons. The highest BCUT2D eigenvalue weighted by Gasteiger charge is 2.36. The van der Waals surface area contributed by atoms with E-state index in [4.69, 9.17) is 0 Å². The average molecular weight is 192 g/mol. The first-order valence-electron chi connectivity index (χ1n) is 6.16. The molecule has 1 aliphatic heterocycles. The van der Waals surface area contributed by atoms with E-state index in [-0.39, 0.29) is 0 Å². The molecule has 2 N–H and O–H groups in total. The van der Waals surface area contributed by atoms with Gasteiger partial charge in [-0.2, -0.15) is 0 Å². The van der Waals surface area contributed by atoms with Gasteiger partial charge in [0.2, 0.25) is 0 Å². The van der Waals surface area contributed by atoms with E-state index in [1.54, 1.807) is 5.57 Å². The fourth-order valence-electron chi connectivity index (χ4n) is 3.23. The maximum atomic E-state index is 3.38. The van der Waals surface area contributed by atoms with Gasteiger partial charge < -0.3 is 0 Å². The van der Waals surface area contributed by atoms with E-state index in [1.165, 1.54) is 44.9 Å². The van der Waals surface area contributed by atoms with Crippen molar-refractivity contribution in [3.63, 3.8) is 0 Å². The minimum absolute atomic E-state index is 0.668.